The van der Waals surface area contributed by atoms with Gasteiger partial charge >= 0.3 is 0 Å². The third kappa shape index (κ3) is 4.86. The third-order valence-electron chi connectivity index (χ3n) is 4.45. The molecule has 0 heterocycles. The van der Waals surface area contributed by atoms with E-state index in [1.807, 2.05) is 0 Å². The maximum absolute atomic E-state index is 3.91. The maximum atomic E-state index is 3.91. The van der Waals surface area contributed by atoms with Crippen molar-refractivity contribution in [2.45, 2.75) is 60.8 Å². The first-order chi connectivity index (χ1) is 6.85. The molecule has 0 heteroatoms. The Labute approximate surface area is 97.2 Å². The van der Waals surface area contributed by atoms with Crippen LogP contribution in [0, 0.1) is 23.2 Å². The lowest BCUT2D eigenvalue weighted by atomic mass is 9.74. The smallest absolute Gasteiger partial charge is 0.0213 e. The molecule has 0 rings (SSSR count). The molecule has 0 N–H and O–H groups in total. The zero-order chi connectivity index (χ0) is 12.1. The minimum atomic E-state index is 0.406. The van der Waals surface area contributed by atoms with Gasteiger partial charge in [-0.15, -0.1) is 6.58 Å². The SMILES string of the molecule is C=CC(C)C(C)(C)CCC(C)[C@H](C)CC. The van der Waals surface area contributed by atoms with Gasteiger partial charge in [-0.05, 0) is 36.0 Å². The first kappa shape index (κ1) is 14.7. The van der Waals surface area contributed by atoms with Crippen molar-refractivity contribution < 1.29 is 0 Å². The summed E-state index contributed by atoms with van der Waals surface area (Å²) in [4.78, 5) is 0. The predicted molar refractivity (Wildman–Crippen MR) is 71.0 cm³/mol. The Kier molecular flexibility index (Phi) is 6.24. The summed E-state index contributed by atoms with van der Waals surface area (Å²) in [6.07, 6.45) is 6.05. The monoisotopic (exact) mass is 210 g/mol. The van der Waals surface area contributed by atoms with E-state index in [9.17, 15) is 0 Å². The maximum Gasteiger partial charge on any atom is -0.0213 e. The highest BCUT2D eigenvalue weighted by Crippen LogP contribution is 2.35. The van der Waals surface area contributed by atoms with Crippen LogP contribution in [0.4, 0.5) is 0 Å². The van der Waals surface area contributed by atoms with Crippen molar-refractivity contribution in [1.82, 2.24) is 0 Å². The van der Waals surface area contributed by atoms with E-state index < -0.39 is 0 Å². The van der Waals surface area contributed by atoms with Crippen LogP contribution in [-0.2, 0) is 0 Å². The molecule has 0 aromatic rings. The molecular formula is C15H30. The van der Waals surface area contributed by atoms with E-state index in [-0.39, 0.29) is 0 Å². The van der Waals surface area contributed by atoms with Crippen LogP contribution in [-0.4, -0.2) is 0 Å². The van der Waals surface area contributed by atoms with Crippen LogP contribution >= 0.6 is 0 Å². The summed E-state index contributed by atoms with van der Waals surface area (Å²) in [6.45, 7) is 18.0. The van der Waals surface area contributed by atoms with E-state index in [0.29, 0.717) is 11.3 Å². The second-order valence-electron chi connectivity index (χ2n) is 5.91. The Morgan fingerprint density at radius 2 is 1.67 bits per heavy atom. The highest BCUT2D eigenvalue weighted by Gasteiger charge is 2.24. The summed E-state index contributed by atoms with van der Waals surface area (Å²) in [5.41, 5.74) is 0.406. The van der Waals surface area contributed by atoms with E-state index in [4.69, 9.17) is 0 Å². The molecule has 0 aromatic carbocycles. The molecule has 0 spiro atoms. The van der Waals surface area contributed by atoms with Crippen LogP contribution < -0.4 is 0 Å². The molecule has 15 heavy (non-hydrogen) atoms. The van der Waals surface area contributed by atoms with Crippen molar-refractivity contribution in [1.29, 1.82) is 0 Å². The average Bonchev–Trinajstić information content (AvgIpc) is 2.23. The predicted octanol–water partition coefficient (Wildman–Crippen LogP) is 5.30. The topological polar surface area (TPSA) is 0 Å². The Hall–Kier alpha value is -0.260. The molecule has 3 atom stereocenters. The lowest BCUT2D eigenvalue weighted by Gasteiger charge is -2.32. The zero-order valence-electron chi connectivity index (χ0n) is 11.6. The van der Waals surface area contributed by atoms with E-state index in [1.165, 1.54) is 19.3 Å². The van der Waals surface area contributed by atoms with Gasteiger partial charge in [0.05, 0.1) is 0 Å². The third-order valence-corrected chi connectivity index (χ3v) is 4.45. The zero-order valence-corrected chi connectivity index (χ0v) is 11.6. The van der Waals surface area contributed by atoms with Gasteiger partial charge in [0.1, 0.15) is 0 Å². The van der Waals surface area contributed by atoms with E-state index in [0.717, 1.165) is 11.8 Å². The average molecular weight is 210 g/mol. The van der Waals surface area contributed by atoms with Gasteiger partial charge in [-0.3, -0.25) is 0 Å². The van der Waals surface area contributed by atoms with Crippen molar-refractivity contribution in [3.05, 3.63) is 12.7 Å². The van der Waals surface area contributed by atoms with Crippen molar-refractivity contribution in [3.63, 3.8) is 0 Å². The summed E-state index contributed by atoms with van der Waals surface area (Å²) in [7, 11) is 0. The lowest BCUT2D eigenvalue weighted by Crippen LogP contribution is -2.21. The summed E-state index contributed by atoms with van der Waals surface area (Å²) in [6, 6.07) is 0. The molecule has 0 bridgehead atoms. The molecule has 0 aliphatic rings. The second kappa shape index (κ2) is 6.35. The van der Waals surface area contributed by atoms with Gasteiger partial charge in [-0.1, -0.05) is 54.0 Å². The first-order valence-corrected chi connectivity index (χ1v) is 6.47. The van der Waals surface area contributed by atoms with E-state index in [1.54, 1.807) is 0 Å². The van der Waals surface area contributed by atoms with Crippen LogP contribution in [0.15, 0.2) is 12.7 Å². The Balaban J connectivity index is 4.08. The van der Waals surface area contributed by atoms with Gasteiger partial charge in [0.25, 0.3) is 0 Å². The second-order valence-corrected chi connectivity index (χ2v) is 5.91. The largest absolute Gasteiger partial charge is 0.103 e. The molecule has 0 aliphatic heterocycles. The summed E-state index contributed by atoms with van der Waals surface area (Å²) in [5, 5.41) is 0. The van der Waals surface area contributed by atoms with Gasteiger partial charge in [0.2, 0.25) is 0 Å². The molecule has 90 valence electrons. The van der Waals surface area contributed by atoms with Crippen molar-refractivity contribution in [2.24, 2.45) is 23.2 Å². The van der Waals surface area contributed by atoms with Crippen molar-refractivity contribution in [3.8, 4) is 0 Å². The molecule has 0 saturated carbocycles. The molecule has 0 nitrogen and oxygen atoms in total. The number of rotatable bonds is 7. The highest BCUT2D eigenvalue weighted by atomic mass is 14.3. The van der Waals surface area contributed by atoms with Crippen LogP contribution in [0.1, 0.15) is 60.8 Å². The normalized spacial score (nSPS) is 18.3. The fourth-order valence-corrected chi connectivity index (χ4v) is 1.83. The molecule has 2 unspecified atom stereocenters. The van der Waals surface area contributed by atoms with Gasteiger partial charge in [0.15, 0.2) is 0 Å². The van der Waals surface area contributed by atoms with Crippen molar-refractivity contribution >= 4 is 0 Å². The van der Waals surface area contributed by atoms with Crippen LogP contribution in [0.5, 0.6) is 0 Å². The van der Waals surface area contributed by atoms with E-state index >= 15 is 0 Å². The Morgan fingerprint density at radius 1 is 1.13 bits per heavy atom. The molecule has 0 saturated heterocycles. The number of allylic oxidation sites excluding steroid dienone is 1. The van der Waals surface area contributed by atoms with Crippen molar-refractivity contribution in [2.75, 3.05) is 0 Å². The minimum absolute atomic E-state index is 0.406. The molecular weight excluding hydrogens is 180 g/mol. The lowest BCUT2D eigenvalue weighted by molar-refractivity contribution is 0.214. The molecule has 0 aromatic heterocycles. The number of hydrogen-bond donors (Lipinski definition) is 0. The van der Waals surface area contributed by atoms with Crippen LogP contribution in [0.25, 0.3) is 0 Å². The first-order valence-electron chi connectivity index (χ1n) is 6.47. The fourth-order valence-electron chi connectivity index (χ4n) is 1.83. The quantitative estimate of drug-likeness (QED) is 0.500. The fraction of sp³-hybridized carbons (Fsp3) is 0.867. The minimum Gasteiger partial charge on any atom is -0.103 e. The summed E-state index contributed by atoms with van der Waals surface area (Å²) in [5.74, 6) is 2.33. The molecule has 0 aliphatic carbocycles. The Morgan fingerprint density at radius 3 is 2.07 bits per heavy atom. The highest BCUT2D eigenvalue weighted by molar-refractivity contribution is 4.87. The van der Waals surface area contributed by atoms with Gasteiger partial charge in [-0.25, -0.2) is 0 Å². The van der Waals surface area contributed by atoms with Gasteiger partial charge < -0.3 is 0 Å². The standard InChI is InChI=1S/C15H30/c1-8-12(3)13(4)10-11-15(6,7)14(5)9-2/h9,12-14H,2,8,10-11H2,1,3-7H3/t12-,13?,14?/m1/s1. The van der Waals surface area contributed by atoms with Crippen LogP contribution in [0.3, 0.4) is 0 Å². The Bertz CT molecular complexity index is 178. The summed E-state index contributed by atoms with van der Waals surface area (Å²) >= 11 is 0. The number of hydrogen-bond acceptors (Lipinski definition) is 0. The van der Waals surface area contributed by atoms with Gasteiger partial charge in [-0.2, -0.15) is 0 Å². The molecule has 0 radical (unpaired) electrons. The molecule has 0 fully saturated rings. The van der Waals surface area contributed by atoms with Crippen LogP contribution in [0.2, 0.25) is 0 Å². The molecule has 0 amide bonds. The van der Waals surface area contributed by atoms with E-state index in [2.05, 4.69) is 54.2 Å². The summed E-state index contributed by atoms with van der Waals surface area (Å²) < 4.78 is 0. The van der Waals surface area contributed by atoms with Gasteiger partial charge in [0, 0.05) is 0 Å².